The van der Waals surface area contributed by atoms with E-state index >= 15 is 0 Å². The zero-order valence-corrected chi connectivity index (χ0v) is 8.03. The van der Waals surface area contributed by atoms with Crippen LogP contribution in [0.4, 0.5) is 0 Å². The first-order valence-corrected chi connectivity index (χ1v) is 4.11. The SMILES string of the molecule is COC(=O)C(C)C1=CCN(C)C1=O. The van der Waals surface area contributed by atoms with Crippen molar-refractivity contribution in [1.29, 1.82) is 0 Å². The van der Waals surface area contributed by atoms with Crippen molar-refractivity contribution in [1.82, 2.24) is 4.90 Å². The Kier molecular flexibility index (Phi) is 2.70. The van der Waals surface area contributed by atoms with Gasteiger partial charge in [0.05, 0.1) is 13.0 Å². The quantitative estimate of drug-likeness (QED) is 0.574. The summed E-state index contributed by atoms with van der Waals surface area (Å²) < 4.78 is 4.56. The number of amides is 1. The second-order valence-corrected chi connectivity index (χ2v) is 3.09. The molecule has 1 heterocycles. The molecule has 0 aliphatic carbocycles. The molecular formula is C9H13NO3. The first-order valence-electron chi connectivity index (χ1n) is 4.11. The lowest BCUT2D eigenvalue weighted by Gasteiger charge is -2.12. The molecule has 1 unspecified atom stereocenters. The summed E-state index contributed by atoms with van der Waals surface area (Å²) in [6.45, 7) is 2.25. The van der Waals surface area contributed by atoms with Crippen LogP contribution in [-0.2, 0) is 14.3 Å². The van der Waals surface area contributed by atoms with Crippen LogP contribution in [0.5, 0.6) is 0 Å². The second-order valence-electron chi connectivity index (χ2n) is 3.09. The first kappa shape index (κ1) is 9.77. The van der Waals surface area contributed by atoms with Gasteiger partial charge < -0.3 is 9.64 Å². The molecule has 0 bridgehead atoms. The summed E-state index contributed by atoms with van der Waals surface area (Å²) in [6.07, 6.45) is 1.77. The Balaban J connectivity index is 2.74. The van der Waals surface area contributed by atoms with Crippen LogP contribution in [0.15, 0.2) is 11.6 Å². The number of nitrogens with zero attached hydrogens (tertiary/aromatic N) is 1. The largest absolute Gasteiger partial charge is 0.469 e. The van der Waals surface area contributed by atoms with Gasteiger partial charge in [0.1, 0.15) is 0 Å². The third-order valence-electron chi connectivity index (χ3n) is 2.20. The Labute approximate surface area is 77.2 Å². The third-order valence-corrected chi connectivity index (χ3v) is 2.20. The Morgan fingerprint density at radius 1 is 1.69 bits per heavy atom. The molecule has 0 fully saturated rings. The van der Waals surface area contributed by atoms with Gasteiger partial charge in [-0.05, 0) is 6.92 Å². The maximum absolute atomic E-state index is 11.4. The molecule has 1 atom stereocenters. The van der Waals surface area contributed by atoms with Gasteiger partial charge in [-0.25, -0.2) is 0 Å². The molecule has 0 aromatic carbocycles. The molecule has 1 amide bonds. The Hall–Kier alpha value is -1.32. The molecule has 0 saturated heterocycles. The van der Waals surface area contributed by atoms with Gasteiger partial charge in [0.25, 0.3) is 0 Å². The third kappa shape index (κ3) is 1.71. The normalized spacial score (nSPS) is 18.5. The summed E-state index contributed by atoms with van der Waals surface area (Å²) in [5.41, 5.74) is 0.536. The van der Waals surface area contributed by atoms with E-state index in [0.717, 1.165) is 0 Å². The van der Waals surface area contributed by atoms with E-state index in [9.17, 15) is 9.59 Å². The van der Waals surface area contributed by atoms with E-state index in [2.05, 4.69) is 4.74 Å². The highest BCUT2D eigenvalue weighted by Crippen LogP contribution is 2.19. The van der Waals surface area contributed by atoms with Gasteiger partial charge in [0, 0.05) is 19.2 Å². The molecule has 4 heteroatoms. The summed E-state index contributed by atoms with van der Waals surface area (Å²) >= 11 is 0. The van der Waals surface area contributed by atoms with Crippen molar-refractivity contribution in [2.45, 2.75) is 6.92 Å². The minimum absolute atomic E-state index is 0.0853. The fraction of sp³-hybridized carbons (Fsp3) is 0.556. The Bertz CT molecular complexity index is 270. The van der Waals surface area contributed by atoms with Gasteiger partial charge >= 0.3 is 5.97 Å². The summed E-state index contributed by atoms with van der Waals surface area (Å²) in [5.74, 6) is -0.907. The highest BCUT2D eigenvalue weighted by Gasteiger charge is 2.29. The fourth-order valence-corrected chi connectivity index (χ4v) is 1.29. The van der Waals surface area contributed by atoms with Crippen LogP contribution in [-0.4, -0.2) is 37.5 Å². The van der Waals surface area contributed by atoms with Crippen LogP contribution >= 0.6 is 0 Å². The van der Waals surface area contributed by atoms with Crippen LogP contribution in [0.2, 0.25) is 0 Å². The lowest BCUT2D eigenvalue weighted by molar-refractivity contribution is -0.144. The van der Waals surface area contributed by atoms with Gasteiger partial charge in [-0.1, -0.05) is 6.08 Å². The lowest BCUT2D eigenvalue weighted by Crippen LogP contribution is -2.26. The average molecular weight is 183 g/mol. The van der Waals surface area contributed by atoms with Crippen molar-refractivity contribution in [2.75, 3.05) is 20.7 Å². The summed E-state index contributed by atoms with van der Waals surface area (Å²) in [5, 5.41) is 0. The van der Waals surface area contributed by atoms with Crippen molar-refractivity contribution < 1.29 is 14.3 Å². The summed E-state index contributed by atoms with van der Waals surface area (Å²) in [6, 6.07) is 0. The van der Waals surface area contributed by atoms with E-state index in [1.165, 1.54) is 7.11 Å². The monoisotopic (exact) mass is 183 g/mol. The number of likely N-dealkylation sites (N-methyl/N-ethyl adjacent to an activating group) is 1. The number of carbonyl (C=O) groups is 2. The molecule has 1 aliphatic heterocycles. The molecule has 1 aliphatic rings. The van der Waals surface area contributed by atoms with Crippen molar-refractivity contribution in [3.05, 3.63) is 11.6 Å². The van der Waals surface area contributed by atoms with Crippen LogP contribution in [0, 0.1) is 5.92 Å². The lowest BCUT2D eigenvalue weighted by atomic mass is 10.0. The smallest absolute Gasteiger partial charge is 0.313 e. The van der Waals surface area contributed by atoms with Crippen LogP contribution in [0.3, 0.4) is 0 Å². The molecule has 72 valence electrons. The van der Waals surface area contributed by atoms with Gasteiger partial charge in [0.2, 0.25) is 5.91 Å². The van der Waals surface area contributed by atoms with Crippen molar-refractivity contribution in [3.63, 3.8) is 0 Å². The van der Waals surface area contributed by atoms with E-state index in [-0.39, 0.29) is 11.9 Å². The van der Waals surface area contributed by atoms with Gasteiger partial charge in [-0.2, -0.15) is 0 Å². The van der Waals surface area contributed by atoms with E-state index in [4.69, 9.17) is 0 Å². The number of esters is 1. The maximum atomic E-state index is 11.4. The van der Waals surface area contributed by atoms with E-state index < -0.39 is 5.92 Å². The molecule has 0 saturated carbocycles. The van der Waals surface area contributed by atoms with Gasteiger partial charge in [-0.3, -0.25) is 9.59 Å². The Morgan fingerprint density at radius 3 is 2.69 bits per heavy atom. The molecule has 0 N–H and O–H groups in total. The highest BCUT2D eigenvalue weighted by atomic mass is 16.5. The van der Waals surface area contributed by atoms with Crippen molar-refractivity contribution >= 4 is 11.9 Å². The predicted molar refractivity (Wildman–Crippen MR) is 46.9 cm³/mol. The fourth-order valence-electron chi connectivity index (χ4n) is 1.29. The molecule has 13 heavy (non-hydrogen) atoms. The van der Waals surface area contributed by atoms with Gasteiger partial charge in [-0.15, -0.1) is 0 Å². The molecule has 0 aromatic heterocycles. The summed E-state index contributed by atoms with van der Waals surface area (Å²) in [7, 11) is 3.03. The molecule has 0 aromatic rings. The number of carbonyl (C=O) groups excluding carboxylic acids is 2. The van der Waals surface area contributed by atoms with E-state index in [1.54, 1.807) is 24.9 Å². The zero-order chi connectivity index (χ0) is 10.0. The number of hydrogen-bond donors (Lipinski definition) is 0. The number of rotatable bonds is 2. The van der Waals surface area contributed by atoms with Crippen LogP contribution in [0.1, 0.15) is 6.92 Å². The minimum atomic E-state index is -0.456. The van der Waals surface area contributed by atoms with Crippen molar-refractivity contribution in [3.8, 4) is 0 Å². The van der Waals surface area contributed by atoms with Crippen molar-refractivity contribution in [2.24, 2.45) is 5.92 Å². The zero-order valence-electron chi connectivity index (χ0n) is 8.03. The standard InChI is InChI=1S/C9H13NO3/c1-6(9(12)13-3)7-4-5-10(2)8(7)11/h4,6H,5H2,1-3H3. The topological polar surface area (TPSA) is 46.6 Å². The summed E-state index contributed by atoms with van der Waals surface area (Å²) in [4.78, 5) is 24.1. The minimum Gasteiger partial charge on any atom is -0.469 e. The van der Waals surface area contributed by atoms with Crippen LogP contribution in [0.25, 0.3) is 0 Å². The molecular weight excluding hydrogens is 170 g/mol. The number of hydrogen-bond acceptors (Lipinski definition) is 3. The molecule has 0 spiro atoms. The second kappa shape index (κ2) is 3.60. The van der Waals surface area contributed by atoms with E-state index in [0.29, 0.717) is 12.1 Å². The van der Waals surface area contributed by atoms with E-state index in [1.807, 2.05) is 0 Å². The first-order chi connectivity index (χ1) is 6.07. The number of ether oxygens (including phenoxy) is 1. The molecule has 0 radical (unpaired) electrons. The molecule has 4 nitrogen and oxygen atoms in total. The average Bonchev–Trinajstić information content (AvgIpc) is 2.45. The van der Waals surface area contributed by atoms with Gasteiger partial charge in [0.15, 0.2) is 0 Å². The number of methoxy groups -OCH3 is 1. The Morgan fingerprint density at radius 2 is 2.31 bits per heavy atom. The maximum Gasteiger partial charge on any atom is 0.313 e. The highest BCUT2D eigenvalue weighted by molar-refractivity contribution is 6.00. The van der Waals surface area contributed by atoms with Crippen LogP contribution < -0.4 is 0 Å². The molecule has 1 rings (SSSR count). The predicted octanol–water partition coefficient (Wildman–Crippen LogP) is 0.194.